The molecule has 12 atom stereocenters. The van der Waals surface area contributed by atoms with E-state index in [4.69, 9.17) is 20.9 Å². The lowest BCUT2D eigenvalue weighted by Crippen LogP contribution is -2.70. The van der Waals surface area contributed by atoms with Gasteiger partial charge in [0.15, 0.2) is 0 Å². The van der Waals surface area contributed by atoms with Gasteiger partial charge in [0.25, 0.3) is 5.91 Å². The number of ether oxygens (including phenoxy) is 2. The first-order chi connectivity index (χ1) is 23.0. The van der Waals surface area contributed by atoms with Crippen molar-refractivity contribution in [2.45, 2.75) is 132 Å². The van der Waals surface area contributed by atoms with Crippen LogP contribution in [0.2, 0.25) is 0 Å². The molecule has 50 heavy (non-hydrogen) atoms. The summed E-state index contributed by atoms with van der Waals surface area (Å²) in [5.74, 6) is -0.548. The number of carbonyl (C=O) groups excluding carboxylic acids is 1. The molecule has 0 spiro atoms. The second kappa shape index (κ2) is 11.9. The van der Waals surface area contributed by atoms with Gasteiger partial charge < -0.3 is 26.0 Å². The quantitative estimate of drug-likeness (QED) is 0.255. The van der Waals surface area contributed by atoms with Crippen LogP contribution >= 0.6 is 0 Å². The van der Waals surface area contributed by atoms with Crippen LogP contribution in [-0.4, -0.2) is 63.2 Å². The molecule has 1 saturated heterocycles. The third-order valence-electron chi connectivity index (χ3n) is 16.4. The van der Waals surface area contributed by atoms with Crippen molar-refractivity contribution in [3.63, 3.8) is 0 Å². The first kappa shape index (κ1) is 37.5. The Balaban J connectivity index is 1.54. The number of carbonyl (C=O) groups is 2. The number of aliphatic carboxylic acids is 1. The minimum Gasteiger partial charge on any atom is -0.481 e. The lowest BCUT2D eigenvalue weighted by Gasteiger charge is -2.71. The number of nitrogens with zero attached hydrogens (tertiary/aromatic N) is 3. The van der Waals surface area contributed by atoms with Crippen molar-refractivity contribution in [3.05, 3.63) is 23.8 Å². The van der Waals surface area contributed by atoms with Gasteiger partial charge in [-0.05, 0) is 96.2 Å². The van der Waals surface area contributed by atoms with Gasteiger partial charge in [0, 0.05) is 11.0 Å². The number of rotatable bonds is 8. The molecule has 2 heterocycles. The fourth-order valence-corrected chi connectivity index (χ4v) is 12.2. The molecule has 1 aromatic rings. The average Bonchev–Trinajstić information content (AvgIpc) is 3.50. The Bertz CT molecular complexity index is 1550. The van der Waals surface area contributed by atoms with Crippen LogP contribution in [0.25, 0.3) is 0 Å². The molecule has 0 radical (unpaired) electrons. The number of carboxylic acid groups (broad SMARTS) is 1. The van der Waals surface area contributed by atoms with Crippen LogP contribution in [0.5, 0.6) is 0 Å². The SMILES string of the molecule is CC(C)[C@@H](C)[C@@]1(C)CC[C@]2(C)[C@H]3CC[C@@H]4[C@@]5(C)COC[C@@]4(C3=CC[C@@]2(C)[C@@H]1C(=O)O)[C@@H](OC[C@](C)(N)C(C)(C)C)[C@H](n1ncnc1C(N)=O)C5. The van der Waals surface area contributed by atoms with Gasteiger partial charge in [0.1, 0.15) is 6.33 Å². The predicted molar refractivity (Wildman–Crippen MR) is 193 cm³/mol. The molecule has 1 aliphatic heterocycles. The molecule has 3 saturated carbocycles. The summed E-state index contributed by atoms with van der Waals surface area (Å²) in [6, 6.07) is -0.324. The maximum atomic E-state index is 13.5. The highest BCUT2D eigenvalue weighted by Crippen LogP contribution is 2.75. The number of hydrogen-bond donors (Lipinski definition) is 3. The summed E-state index contributed by atoms with van der Waals surface area (Å²) in [6.45, 7) is 25.8. The summed E-state index contributed by atoms with van der Waals surface area (Å²) in [6.07, 6.45) is 8.65. The Hall–Kier alpha value is -2.30. The van der Waals surface area contributed by atoms with Gasteiger partial charge in [-0.25, -0.2) is 9.67 Å². The number of carboxylic acids is 1. The third kappa shape index (κ3) is 5.03. The van der Waals surface area contributed by atoms with Gasteiger partial charge in [-0.3, -0.25) is 9.59 Å². The molecule has 0 unspecified atom stereocenters. The van der Waals surface area contributed by atoms with Crippen molar-refractivity contribution in [1.29, 1.82) is 0 Å². The molecule has 5 aliphatic rings. The summed E-state index contributed by atoms with van der Waals surface area (Å²) < 4.78 is 15.7. The molecule has 10 nitrogen and oxygen atoms in total. The fraction of sp³-hybridized carbons (Fsp3) is 0.850. The molecule has 5 N–H and O–H groups in total. The molecule has 2 bridgehead atoms. The van der Waals surface area contributed by atoms with Gasteiger partial charge in [-0.15, -0.1) is 0 Å². The summed E-state index contributed by atoms with van der Waals surface area (Å²) >= 11 is 0. The predicted octanol–water partition coefficient (Wildman–Crippen LogP) is 6.66. The highest BCUT2D eigenvalue weighted by atomic mass is 16.5. The van der Waals surface area contributed by atoms with Gasteiger partial charge in [0.05, 0.1) is 37.9 Å². The third-order valence-corrected chi connectivity index (χ3v) is 16.4. The number of fused-ring (bicyclic) bond motifs is 3. The van der Waals surface area contributed by atoms with Crippen molar-refractivity contribution < 1.29 is 24.2 Å². The first-order valence-electron chi connectivity index (χ1n) is 19.1. The van der Waals surface area contributed by atoms with Crippen LogP contribution in [0.1, 0.15) is 131 Å². The van der Waals surface area contributed by atoms with E-state index in [1.54, 1.807) is 4.68 Å². The minimum absolute atomic E-state index is 0.132. The van der Waals surface area contributed by atoms with Gasteiger partial charge in [-0.1, -0.05) is 80.9 Å². The maximum absolute atomic E-state index is 13.5. The Morgan fingerprint density at radius 2 is 1.76 bits per heavy atom. The zero-order chi connectivity index (χ0) is 37.0. The summed E-state index contributed by atoms with van der Waals surface area (Å²) in [4.78, 5) is 30.6. The molecule has 0 aromatic carbocycles. The Kier molecular flexibility index (Phi) is 8.88. The van der Waals surface area contributed by atoms with Crippen LogP contribution in [-0.2, 0) is 14.3 Å². The van der Waals surface area contributed by atoms with Crippen molar-refractivity contribution in [3.8, 4) is 0 Å². The Morgan fingerprint density at radius 3 is 2.36 bits per heavy atom. The van der Waals surface area contributed by atoms with E-state index < -0.39 is 40.3 Å². The normalized spacial score (nSPS) is 43.1. The second-order valence-corrected chi connectivity index (χ2v) is 19.9. The largest absolute Gasteiger partial charge is 0.481 e. The van der Waals surface area contributed by atoms with Crippen LogP contribution in [0.15, 0.2) is 18.0 Å². The molecule has 1 aromatic heterocycles. The molecule has 10 heteroatoms. The molecule has 4 fully saturated rings. The summed E-state index contributed by atoms with van der Waals surface area (Å²) in [5.41, 5.74) is 11.6. The van der Waals surface area contributed by atoms with E-state index in [0.717, 1.165) is 25.7 Å². The van der Waals surface area contributed by atoms with Crippen LogP contribution < -0.4 is 11.5 Å². The number of amides is 1. The van der Waals surface area contributed by atoms with Crippen molar-refractivity contribution in [1.82, 2.24) is 14.8 Å². The van der Waals surface area contributed by atoms with Crippen LogP contribution in [0, 0.1) is 62.1 Å². The van der Waals surface area contributed by atoms with Gasteiger partial charge >= 0.3 is 5.97 Å². The average molecular weight is 696 g/mol. The highest BCUT2D eigenvalue weighted by molar-refractivity contribution is 5.89. The fourth-order valence-electron chi connectivity index (χ4n) is 12.2. The molecular weight excluding hydrogens is 630 g/mol. The number of hydrogen-bond acceptors (Lipinski definition) is 7. The van der Waals surface area contributed by atoms with E-state index in [1.807, 2.05) is 6.92 Å². The zero-order valence-electron chi connectivity index (χ0n) is 32.6. The Labute approximate surface area is 299 Å². The monoisotopic (exact) mass is 695 g/mol. The second-order valence-electron chi connectivity index (χ2n) is 19.9. The van der Waals surface area contributed by atoms with Crippen molar-refractivity contribution in [2.75, 3.05) is 19.8 Å². The lowest BCUT2D eigenvalue weighted by atomic mass is 9.34. The lowest BCUT2D eigenvalue weighted by molar-refractivity contribution is -0.255. The molecule has 6 rings (SSSR count). The molecule has 4 aliphatic carbocycles. The molecule has 280 valence electrons. The van der Waals surface area contributed by atoms with E-state index in [0.29, 0.717) is 38.6 Å². The molecular formula is C40H65N5O5. The van der Waals surface area contributed by atoms with E-state index in [2.05, 4.69) is 85.4 Å². The number of primary amides is 1. The van der Waals surface area contributed by atoms with Crippen LogP contribution in [0.3, 0.4) is 0 Å². The Morgan fingerprint density at radius 1 is 1.08 bits per heavy atom. The summed E-state index contributed by atoms with van der Waals surface area (Å²) in [7, 11) is 0. The minimum atomic E-state index is -0.667. The number of nitrogens with two attached hydrogens (primary N) is 2. The highest BCUT2D eigenvalue weighted by Gasteiger charge is 2.73. The van der Waals surface area contributed by atoms with E-state index in [-0.39, 0.29) is 51.3 Å². The zero-order valence-corrected chi connectivity index (χ0v) is 32.6. The van der Waals surface area contributed by atoms with Gasteiger partial charge in [-0.2, -0.15) is 5.10 Å². The smallest absolute Gasteiger partial charge is 0.307 e. The molecule has 1 amide bonds. The van der Waals surface area contributed by atoms with E-state index >= 15 is 0 Å². The van der Waals surface area contributed by atoms with Gasteiger partial charge in [0.2, 0.25) is 5.82 Å². The standard InChI is InChI=1S/C40H65N5O5/c1-23(2)24(3)36(8)16-17-37(9)25-12-13-28-35(7)18-27(45-32(31(41)46)43-22-44-45)30(50-20-39(11,42)34(4,5)6)40(28,21-49-19-35)26(25)14-15-38(37,10)29(36)33(47)48/h14,22-25,27-30H,12-13,15-21,42H2,1-11H3,(H2,41,46)(H,47,48)/t24-,25+,27-,28-,29-,30+,35-,36-,37-,38+,39+,40+/m1/s1. The van der Waals surface area contributed by atoms with E-state index in [9.17, 15) is 14.7 Å². The topological polar surface area (TPSA) is 156 Å². The number of allylic oxidation sites excluding steroid dienone is 1. The van der Waals surface area contributed by atoms with E-state index in [1.165, 1.54) is 11.9 Å². The van der Waals surface area contributed by atoms with Crippen molar-refractivity contribution in [2.24, 2.45) is 73.5 Å². The number of aromatic nitrogens is 3. The first-order valence-corrected chi connectivity index (χ1v) is 19.1. The van der Waals surface area contributed by atoms with Crippen molar-refractivity contribution >= 4 is 11.9 Å². The summed E-state index contributed by atoms with van der Waals surface area (Å²) in [5, 5.41) is 15.8. The maximum Gasteiger partial charge on any atom is 0.307 e. The van der Waals surface area contributed by atoms with Crippen LogP contribution in [0.4, 0.5) is 0 Å².